The second kappa shape index (κ2) is 8.29. The third-order valence-corrected chi connectivity index (χ3v) is 3.67. The van der Waals surface area contributed by atoms with E-state index in [1.807, 2.05) is 24.3 Å². The molecule has 0 unspecified atom stereocenters. The molecule has 2 aromatic carbocycles. The van der Waals surface area contributed by atoms with Crippen molar-refractivity contribution in [2.24, 2.45) is 0 Å². The summed E-state index contributed by atoms with van der Waals surface area (Å²) in [6.07, 6.45) is 0. The number of rotatable bonds is 8. The summed E-state index contributed by atoms with van der Waals surface area (Å²) >= 11 is 0. The summed E-state index contributed by atoms with van der Waals surface area (Å²) in [5, 5.41) is 0. The molecule has 2 rings (SSSR count). The Balaban J connectivity index is 1.95. The van der Waals surface area contributed by atoms with E-state index in [1.54, 1.807) is 18.2 Å². The maximum Gasteiger partial charge on any atom is 0.131 e. The standard InChI is InChI=1S/C18H25N3O2/c1-3-21(4-2)10-11-22-14-6-5-7-15(12-14)23-16-8-9-17(19)18(20)13-16/h5-9,12-13H,3-4,10-11,19-20H2,1-2H3. The van der Waals surface area contributed by atoms with Gasteiger partial charge in [-0.05, 0) is 37.4 Å². The van der Waals surface area contributed by atoms with Gasteiger partial charge in [0.05, 0.1) is 11.4 Å². The first-order valence-electron chi connectivity index (χ1n) is 7.90. The van der Waals surface area contributed by atoms with Crippen molar-refractivity contribution in [3.8, 4) is 17.2 Å². The molecule has 0 aromatic heterocycles. The number of likely N-dealkylation sites (N-methyl/N-ethyl adjacent to an activating group) is 1. The molecule has 0 amide bonds. The average Bonchev–Trinajstić information content (AvgIpc) is 2.55. The average molecular weight is 315 g/mol. The van der Waals surface area contributed by atoms with Gasteiger partial charge in [0.25, 0.3) is 0 Å². The van der Waals surface area contributed by atoms with Gasteiger partial charge < -0.3 is 25.8 Å². The van der Waals surface area contributed by atoms with Gasteiger partial charge in [-0.15, -0.1) is 0 Å². The monoisotopic (exact) mass is 315 g/mol. The minimum absolute atomic E-state index is 0.508. The van der Waals surface area contributed by atoms with Crippen LogP contribution in [-0.2, 0) is 0 Å². The first kappa shape index (κ1) is 17.0. The number of hydrogen-bond donors (Lipinski definition) is 2. The Morgan fingerprint density at radius 3 is 2.26 bits per heavy atom. The van der Waals surface area contributed by atoms with Crippen LogP contribution in [0.5, 0.6) is 17.2 Å². The van der Waals surface area contributed by atoms with E-state index in [9.17, 15) is 0 Å². The molecule has 0 saturated heterocycles. The number of hydrogen-bond acceptors (Lipinski definition) is 5. The second-order valence-corrected chi connectivity index (χ2v) is 5.24. The van der Waals surface area contributed by atoms with Crippen molar-refractivity contribution in [3.63, 3.8) is 0 Å². The predicted molar refractivity (Wildman–Crippen MR) is 95.1 cm³/mol. The summed E-state index contributed by atoms with van der Waals surface area (Å²) in [6, 6.07) is 12.8. The van der Waals surface area contributed by atoms with Crippen LogP contribution in [0.25, 0.3) is 0 Å². The van der Waals surface area contributed by atoms with E-state index in [0.29, 0.717) is 29.5 Å². The second-order valence-electron chi connectivity index (χ2n) is 5.24. The highest BCUT2D eigenvalue weighted by molar-refractivity contribution is 5.65. The molecular weight excluding hydrogens is 290 g/mol. The van der Waals surface area contributed by atoms with Gasteiger partial charge in [-0.2, -0.15) is 0 Å². The molecule has 23 heavy (non-hydrogen) atoms. The van der Waals surface area contributed by atoms with Gasteiger partial charge in [0.1, 0.15) is 23.9 Å². The summed E-state index contributed by atoms with van der Waals surface area (Å²) in [5.41, 5.74) is 12.5. The molecule has 0 aliphatic rings. The third-order valence-electron chi connectivity index (χ3n) is 3.67. The largest absolute Gasteiger partial charge is 0.492 e. The number of ether oxygens (including phenoxy) is 2. The number of anilines is 2. The van der Waals surface area contributed by atoms with Crippen molar-refractivity contribution in [1.29, 1.82) is 0 Å². The Hall–Kier alpha value is -2.40. The highest BCUT2D eigenvalue weighted by Crippen LogP contribution is 2.28. The molecule has 0 saturated carbocycles. The highest BCUT2D eigenvalue weighted by Gasteiger charge is 2.03. The molecule has 124 valence electrons. The van der Waals surface area contributed by atoms with Crippen molar-refractivity contribution >= 4 is 11.4 Å². The topological polar surface area (TPSA) is 73.7 Å². The van der Waals surface area contributed by atoms with Gasteiger partial charge in [0.15, 0.2) is 0 Å². The number of benzene rings is 2. The van der Waals surface area contributed by atoms with Crippen LogP contribution in [0.15, 0.2) is 42.5 Å². The van der Waals surface area contributed by atoms with Crippen LogP contribution in [0.1, 0.15) is 13.8 Å². The maximum absolute atomic E-state index is 5.80. The van der Waals surface area contributed by atoms with E-state index in [0.717, 1.165) is 25.4 Å². The lowest BCUT2D eigenvalue weighted by Gasteiger charge is -2.18. The van der Waals surface area contributed by atoms with Crippen LogP contribution in [0.4, 0.5) is 11.4 Å². The molecule has 4 N–H and O–H groups in total. The zero-order valence-electron chi connectivity index (χ0n) is 13.8. The molecule has 0 fully saturated rings. The van der Waals surface area contributed by atoms with Crippen LogP contribution in [0.2, 0.25) is 0 Å². The fourth-order valence-electron chi connectivity index (χ4n) is 2.21. The van der Waals surface area contributed by atoms with Crippen molar-refractivity contribution in [3.05, 3.63) is 42.5 Å². The van der Waals surface area contributed by atoms with Gasteiger partial charge in [-0.1, -0.05) is 19.9 Å². The summed E-state index contributed by atoms with van der Waals surface area (Å²) < 4.78 is 11.6. The fraction of sp³-hybridized carbons (Fsp3) is 0.333. The quantitative estimate of drug-likeness (QED) is 0.731. The number of nitrogens with two attached hydrogens (primary N) is 2. The zero-order valence-corrected chi connectivity index (χ0v) is 13.8. The zero-order chi connectivity index (χ0) is 16.7. The Morgan fingerprint density at radius 2 is 1.57 bits per heavy atom. The lowest BCUT2D eigenvalue weighted by atomic mass is 10.2. The molecule has 0 bridgehead atoms. The summed E-state index contributed by atoms with van der Waals surface area (Å²) in [5.74, 6) is 2.14. The normalized spacial score (nSPS) is 10.7. The summed E-state index contributed by atoms with van der Waals surface area (Å²) in [4.78, 5) is 2.32. The van der Waals surface area contributed by atoms with Crippen LogP contribution < -0.4 is 20.9 Å². The summed E-state index contributed by atoms with van der Waals surface area (Å²) in [6.45, 7) is 7.92. The van der Waals surface area contributed by atoms with E-state index in [4.69, 9.17) is 20.9 Å². The molecule has 0 aliphatic heterocycles. The van der Waals surface area contributed by atoms with Crippen LogP contribution in [-0.4, -0.2) is 31.1 Å². The van der Waals surface area contributed by atoms with Crippen molar-refractivity contribution < 1.29 is 9.47 Å². The van der Waals surface area contributed by atoms with E-state index in [-0.39, 0.29) is 0 Å². The lowest BCUT2D eigenvalue weighted by molar-refractivity contribution is 0.222. The van der Waals surface area contributed by atoms with Crippen LogP contribution in [0, 0.1) is 0 Å². The van der Waals surface area contributed by atoms with E-state index < -0.39 is 0 Å². The Labute approximate surface area is 137 Å². The minimum Gasteiger partial charge on any atom is -0.492 e. The Bertz CT molecular complexity index is 627. The van der Waals surface area contributed by atoms with Gasteiger partial charge in [-0.3, -0.25) is 0 Å². The van der Waals surface area contributed by atoms with Crippen molar-refractivity contribution in [2.75, 3.05) is 37.7 Å². The first-order chi connectivity index (χ1) is 11.1. The number of nitrogen functional groups attached to an aromatic ring is 2. The molecule has 0 spiro atoms. The molecule has 0 atom stereocenters. The van der Waals surface area contributed by atoms with Crippen molar-refractivity contribution in [2.45, 2.75) is 13.8 Å². The molecule has 5 nitrogen and oxygen atoms in total. The van der Waals surface area contributed by atoms with Crippen molar-refractivity contribution in [1.82, 2.24) is 4.90 Å². The van der Waals surface area contributed by atoms with Gasteiger partial charge in [0, 0.05) is 18.7 Å². The molecule has 0 heterocycles. The molecule has 2 aromatic rings. The van der Waals surface area contributed by atoms with E-state index >= 15 is 0 Å². The highest BCUT2D eigenvalue weighted by atomic mass is 16.5. The van der Waals surface area contributed by atoms with Gasteiger partial charge >= 0.3 is 0 Å². The van der Waals surface area contributed by atoms with Gasteiger partial charge in [-0.25, -0.2) is 0 Å². The smallest absolute Gasteiger partial charge is 0.131 e. The molecular formula is C18H25N3O2. The first-order valence-corrected chi connectivity index (χ1v) is 7.90. The Kier molecular flexibility index (Phi) is 6.11. The molecule has 0 radical (unpaired) electrons. The minimum atomic E-state index is 0.508. The molecule has 5 heteroatoms. The van der Waals surface area contributed by atoms with Gasteiger partial charge in [0.2, 0.25) is 0 Å². The maximum atomic E-state index is 5.80. The predicted octanol–water partition coefficient (Wildman–Crippen LogP) is 3.36. The fourth-order valence-corrected chi connectivity index (χ4v) is 2.21. The van der Waals surface area contributed by atoms with Crippen LogP contribution >= 0.6 is 0 Å². The SMILES string of the molecule is CCN(CC)CCOc1cccc(Oc2ccc(N)c(N)c2)c1. The molecule has 0 aliphatic carbocycles. The summed E-state index contributed by atoms with van der Waals surface area (Å²) in [7, 11) is 0. The van der Waals surface area contributed by atoms with E-state index in [2.05, 4.69) is 18.7 Å². The third kappa shape index (κ3) is 5.07. The lowest BCUT2D eigenvalue weighted by Crippen LogP contribution is -2.27. The number of nitrogens with zero attached hydrogens (tertiary/aromatic N) is 1. The Morgan fingerprint density at radius 1 is 0.870 bits per heavy atom. The van der Waals surface area contributed by atoms with Crippen LogP contribution in [0.3, 0.4) is 0 Å². The van der Waals surface area contributed by atoms with E-state index in [1.165, 1.54) is 0 Å².